The standard InChI is InChI=1S/C25H22O4/c1-28-23-14-17-13-20(15-22(26)21(17)16-24(23)29-2)25(27,18-9-5-3-6-10-18)19-11-7-4-8-12-19/h3-16,26-27H,1-2H3. The van der Waals surface area contributed by atoms with Crippen LogP contribution in [0.3, 0.4) is 0 Å². The van der Waals surface area contributed by atoms with E-state index in [1.807, 2.05) is 66.7 Å². The molecule has 2 N–H and O–H groups in total. The quantitative estimate of drug-likeness (QED) is 0.482. The summed E-state index contributed by atoms with van der Waals surface area (Å²) in [7, 11) is 3.12. The van der Waals surface area contributed by atoms with Gasteiger partial charge in [0.2, 0.25) is 0 Å². The maximum Gasteiger partial charge on any atom is 0.161 e. The van der Waals surface area contributed by atoms with Crippen LogP contribution in [0, 0.1) is 0 Å². The largest absolute Gasteiger partial charge is 0.507 e. The normalized spacial score (nSPS) is 11.4. The van der Waals surface area contributed by atoms with Crippen molar-refractivity contribution in [1.82, 2.24) is 0 Å². The van der Waals surface area contributed by atoms with Gasteiger partial charge in [0.05, 0.1) is 14.2 Å². The third-order valence-electron chi connectivity index (χ3n) is 5.24. The van der Waals surface area contributed by atoms with Gasteiger partial charge in [-0.3, -0.25) is 0 Å². The topological polar surface area (TPSA) is 58.9 Å². The number of hydrogen-bond acceptors (Lipinski definition) is 4. The lowest BCUT2D eigenvalue weighted by Gasteiger charge is -2.30. The highest BCUT2D eigenvalue weighted by atomic mass is 16.5. The summed E-state index contributed by atoms with van der Waals surface area (Å²) in [5, 5.41) is 24.1. The van der Waals surface area contributed by atoms with Gasteiger partial charge in [0.25, 0.3) is 0 Å². The van der Waals surface area contributed by atoms with Crippen molar-refractivity contribution in [2.45, 2.75) is 5.60 Å². The number of ether oxygens (including phenoxy) is 2. The van der Waals surface area contributed by atoms with Crippen LogP contribution in [-0.4, -0.2) is 24.4 Å². The van der Waals surface area contributed by atoms with Crippen LogP contribution in [0.1, 0.15) is 16.7 Å². The van der Waals surface area contributed by atoms with E-state index in [2.05, 4.69) is 0 Å². The molecule has 0 atom stereocenters. The molecule has 4 rings (SSSR count). The van der Waals surface area contributed by atoms with Gasteiger partial charge in [-0.2, -0.15) is 0 Å². The van der Waals surface area contributed by atoms with Crippen LogP contribution in [0.2, 0.25) is 0 Å². The number of methoxy groups -OCH3 is 2. The molecule has 146 valence electrons. The molecule has 0 aliphatic carbocycles. The van der Waals surface area contributed by atoms with E-state index < -0.39 is 5.60 Å². The van der Waals surface area contributed by atoms with Crippen molar-refractivity contribution in [2.24, 2.45) is 0 Å². The number of hydrogen-bond donors (Lipinski definition) is 2. The molecular weight excluding hydrogens is 364 g/mol. The summed E-state index contributed by atoms with van der Waals surface area (Å²) in [5.74, 6) is 1.15. The highest BCUT2D eigenvalue weighted by molar-refractivity contribution is 5.92. The van der Waals surface area contributed by atoms with Gasteiger partial charge in [-0.1, -0.05) is 60.7 Å². The number of benzene rings is 4. The van der Waals surface area contributed by atoms with Gasteiger partial charge >= 0.3 is 0 Å². The molecule has 4 heteroatoms. The van der Waals surface area contributed by atoms with Crippen molar-refractivity contribution in [1.29, 1.82) is 0 Å². The van der Waals surface area contributed by atoms with Crippen LogP contribution in [0.25, 0.3) is 10.8 Å². The minimum Gasteiger partial charge on any atom is -0.507 e. The fraction of sp³-hybridized carbons (Fsp3) is 0.120. The molecule has 0 aliphatic rings. The first-order valence-corrected chi connectivity index (χ1v) is 9.30. The van der Waals surface area contributed by atoms with Gasteiger partial charge in [0.1, 0.15) is 11.4 Å². The number of rotatable bonds is 5. The molecule has 0 fully saturated rings. The maximum absolute atomic E-state index is 12.0. The average Bonchev–Trinajstić information content (AvgIpc) is 2.78. The first-order chi connectivity index (χ1) is 14.1. The van der Waals surface area contributed by atoms with E-state index >= 15 is 0 Å². The van der Waals surface area contributed by atoms with Crippen LogP contribution < -0.4 is 9.47 Å². The fourth-order valence-electron chi connectivity index (χ4n) is 3.74. The monoisotopic (exact) mass is 386 g/mol. The molecule has 0 saturated heterocycles. The van der Waals surface area contributed by atoms with Crippen LogP contribution in [0.4, 0.5) is 0 Å². The SMILES string of the molecule is COc1cc2cc(C(O)(c3ccccc3)c3ccccc3)cc(O)c2cc1OC. The molecule has 29 heavy (non-hydrogen) atoms. The molecule has 0 aromatic heterocycles. The summed E-state index contributed by atoms with van der Waals surface area (Å²) in [6, 6.07) is 25.9. The molecule has 0 radical (unpaired) electrons. The summed E-state index contributed by atoms with van der Waals surface area (Å²) in [6.45, 7) is 0. The molecule has 0 heterocycles. The number of aromatic hydroxyl groups is 1. The lowest BCUT2D eigenvalue weighted by Crippen LogP contribution is -2.28. The Kier molecular flexibility index (Phi) is 4.87. The van der Waals surface area contributed by atoms with Gasteiger partial charge in [0.15, 0.2) is 11.5 Å². The Morgan fingerprint density at radius 1 is 0.655 bits per heavy atom. The van der Waals surface area contributed by atoms with E-state index in [9.17, 15) is 10.2 Å². The van der Waals surface area contributed by atoms with Gasteiger partial charge in [-0.25, -0.2) is 0 Å². The van der Waals surface area contributed by atoms with E-state index in [0.29, 0.717) is 33.6 Å². The third-order valence-corrected chi connectivity index (χ3v) is 5.24. The Bertz CT molecular complexity index is 1100. The van der Waals surface area contributed by atoms with E-state index in [0.717, 1.165) is 5.39 Å². The minimum absolute atomic E-state index is 0.0590. The van der Waals surface area contributed by atoms with E-state index in [1.165, 1.54) is 0 Å². The summed E-state index contributed by atoms with van der Waals surface area (Å²) >= 11 is 0. The van der Waals surface area contributed by atoms with Gasteiger partial charge < -0.3 is 19.7 Å². The Hall–Kier alpha value is -3.50. The predicted molar refractivity (Wildman–Crippen MR) is 114 cm³/mol. The zero-order valence-electron chi connectivity index (χ0n) is 16.3. The number of phenolic OH excluding ortho intramolecular Hbond substituents is 1. The Balaban J connectivity index is 2.01. The van der Waals surface area contributed by atoms with E-state index in [-0.39, 0.29) is 5.75 Å². The lowest BCUT2D eigenvalue weighted by molar-refractivity contribution is 0.125. The van der Waals surface area contributed by atoms with Crippen molar-refractivity contribution in [2.75, 3.05) is 14.2 Å². The van der Waals surface area contributed by atoms with Crippen molar-refractivity contribution in [3.63, 3.8) is 0 Å². The molecular formula is C25H22O4. The van der Waals surface area contributed by atoms with Crippen molar-refractivity contribution in [3.8, 4) is 17.2 Å². The molecule has 0 saturated carbocycles. The molecule has 0 unspecified atom stereocenters. The van der Waals surface area contributed by atoms with Crippen LogP contribution in [-0.2, 0) is 5.60 Å². The molecule has 4 aromatic carbocycles. The summed E-state index contributed by atoms with van der Waals surface area (Å²) < 4.78 is 10.8. The Morgan fingerprint density at radius 2 is 1.17 bits per heavy atom. The van der Waals surface area contributed by atoms with Crippen LogP contribution >= 0.6 is 0 Å². The predicted octanol–water partition coefficient (Wildman–Crippen LogP) is 4.85. The second kappa shape index (κ2) is 7.49. The third kappa shape index (κ3) is 3.18. The zero-order chi connectivity index (χ0) is 20.4. The minimum atomic E-state index is -1.43. The molecule has 0 aliphatic heterocycles. The molecule has 0 amide bonds. The molecule has 4 nitrogen and oxygen atoms in total. The molecule has 4 aromatic rings. The van der Waals surface area contributed by atoms with E-state index in [1.54, 1.807) is 32.4 Å². The smallest absolute Gasteiger partial charge is 0.161 e. The second-order valence-corrected chi connectivity index (χ2v) is 6.87. The van der Waals surface area contributed by atoms with Crippen molar-refractivity contribution >= 4 is 10.8 Å². The molecule has 0 bridgehead atoms. The lowest BCUT2D eigenvalue weighted by atomic mass is 9.79. The van der Waals surface area contributed by atoms with Gasteiger partial charge in [-0.15, -0.1) is 0 Å². The Labute approximate surface area is 169 Å². The summed E-state index contributed by atoms with van der Waals surface area (Å²) in [4.78, 5) is 0. The highest BCUT2D eigenvalue weighted by Crippen LogP contribution is 2.42. The zero-order valence-corrected chi connectivity index (χ0v) is 16.3. The van der Waals surface area contributed by atoms with Crippen molar-refractivity contribution < 1.29 is 19.7 Å². The maximum atomic E-state index is 12.0. The number of phenols is 1. The second-order valence-electron chi connectivity index (χ2n) is 6.87. The fourth-order valence-corrected chi connectivity index (χ4v) is 3.74. The first-order valence-electron chi connectivity index (χ1n) is 9.30. The van der Waals surface area contributed by atoms with Crippen molar-refractivity contribution in [3.05, 3.63) is 102 Å². The van der Waals surface area contributed by atoms with Gasteiger partial charge in [-0.05, 0) is 46.3 Å². The van der Waals surface area contributed by atoms with Crippen LogP contribution in [0.15, 0.2) is 84.9 Å². The van der Waals surface area contributed by atoms with E-state index in [4.69, 9.17) is 9.47 Å². The first kappa shape index (κ1) is 18.8. The molecule has 0 spiro atoms. The van der Waals surface area contributed by atoms with Crippen LogP contribution in [0.5, 0.6) is 17.2 Å². The highest BCUT2D eigenvalue weighted by Gasteiger charge is 2.34. The Morgan fingerprint density at radius 3 is 1.69 bits per heavy atom. The van der Waals surface area contributed by atoms with Gasteiger partial charge in [0, 0.05) is 5.39 Å². The number of fused-ring (bicyclic) bond motifs is 1. The summed E-state index contributed by atoms with van der Waals surface area (Å²) in [6.07, 6.45) is 0. The average molecular weight is 386 g/mol. The summed E-state index contributed by atoms with van der Waals surface area (Å²) in [5.41, 5.74) is 0.560. The number of aliphatic hydroxyl groups is 1.